The van der Waals surface area contributed by atoms with Gasteiger partial charge < -0.3 is 0 Å². The van der Waals surface area contributed by atoms with Crippen LogP contribution in [0.1, 0.15) is 0 Å². The van der Waals surface area contributed by atoms with Crippen LogP contribution in [0.3, 0.4) is 0 Å². The monoisotopic (exact) mass is 1360 g/mol. The molecule has 1 aliphatic rings. The van der Waals surface area contributed by atoms with E-state index in [1.165, 1.54) is 10.7 Å². The maximum absolute atomic E-state index is 10.7. The molecule has 0 aromatic carbocycles. The molecular formula is C44H40Cl6F12N10Ni2O2P2. The average Bonchev–Trinajstić information content (AvgIpc) is 3.38. The Morgan fingerprint density at radius 1 is 0.308 bits per heavy atom. The van der Waals surface area contributed by atoms with E-state index >= 15 is 0 Å². The fourth-order valence-electron chi connectivity index (χ4n) is 4.19. The first-order valence-corrected chi connectivity index (χ1v) is 28.0. The summed E-state index contributed by atoms with van der Waals surface area (Å²) in [7, 11) is -16.6. The van der Waals surface area contributed by atoms with Gasteiger partial charge in [-0.25, -0.2) is 0 Å². The smallest absolute Gasteiger partial charge is 0.120 e. The molecule has 0 saturated carbocycles. The second-order valence-electron chi connectivity index (χ2n) is 12.4. The van der Waals surface area contributed by atoms with Crippen LogP contribution in [0, 0.1) is 31.4 Å². The van der Waals surface area contributed by atoms with Gasteiger partial charge in [-0.2, -0.15) is 0 Å². The molecule has 34 heteroatoms. The number of nitrogens with zero attached hydrogens (tertiary/aromatic N) is 10. The Hall–Kier alpha value is -4.85. The van der Waals surface area contributed by atoms with Crippen LogP contribution in [0.2, 0.25) is 0 Å². The fourth-order valence-corrected chi connectivity index (χ4v) is 4.76. The summed E-state index contributed by atoms with van der Waals surface area (Å²) < 4.78 is 118. The van der Waals surface area contributed by atoms with Crippen LogP contribution in [-0.4, -0.2) is 61.2 Å². The zero-order valence-corrected chi connectivity index (χ0v) is 47.2. The average molecular weight is 1360 g/mol. The predicted octanol–water partition coefficient (Wildman–Crippen LogP) is 17.4. The van der Waals surface area contributed by atoms with Crippen molar-refractivity contribution in [3.8, 4) is 45.6 Å². The molecule has 8 aromatic heterocycles. The van der Waals surface area contributed by atoms with Crippen molar-refractivity contribution in [3.63, 3.8) is 0 Å². The summed E-state index contributed by atoms with van der Waals surface area (Å²) in [6, 6.07) is 46.4. The number of hydrogen-bond acceptors (Lipinski definition) is 10. The number of pyridine rings is 8. The molecule has 2 radical (unpaired) electrons. The summed E-state index contributed by atoms with van der Waals surface area (Å²) in [5.74, 6) is 0. The number of nitroso groups, excluding NO2 is 2. The van der Waals surface area contributed by atoms with E-state index in [0.717, 1.165) is 45.6 Å². The molecule has 0 spiro atoms. The van der Waals surface area contributed by atoms with Crippen molar-refractivity contribution in [2.24, 2.45) is 0 Å². The molecular weight excluding hydrogens is 1320 g/mol. The standard InChI is InChI=1S/4C10H8N2.C2H4Cl2.2CH2Cl2.2F6P.2NO.2Ni/c4*1-3-7-11-9(5-1)10-6-2-4-8-12-10;1-3-2-4-1;2*2-1-3;2*1-7(2,3,4,5)6;2*1-2;;/h4*1-8H;1-2H2;2*1H2;;;;;;/q;;;;+2;;;2*-1;;;;. The minimum atomic E-state index is -10.7. The molecule has 12 nitrogen and oxygen atoms in total. The minimum absolute atomic E-state index is 0. The number of rotatable bonds is 4. The molecule has 9 heterocycles. The summed E-state index contributed by atoms with van der Waals surface area (Å²) >= 11 is 19.1. The molecule has 1 saturated heterocycles. The van der Waals surface area contributed by atoms with Crippen molar-refractivity contribution in [1.29, 1.82) is 0 Å². The van der Waals surface area contributed by atoms with Gasteiger partial charge in [0.1, 0.15) is 11.2 Å². The summed E-state index contributed by atoms with van der Waals surface area (Å²) in [6.45, 7) is 0. The van der Waals surface area contributed by atoms with Crippen LogP contribution in [0.15, 0.2) is 195 Å². The first-order valence-electron chi connectivity index (χ1n) is 19.7. The van der Waals surface area contributed by atoms with E-state index in [4.69, 9.17) is 67.4 Å². The third-order valence-corrected chi connectivity index (χ3v) is 8.94. The van der Waals surface area contributed by atoms with Crippen LogP contribution in [0.5, 0.6) is 0 Å². The molecule has 78 heavy (non-hydrogen) atoms. The molecule has 1 fully saturated rings. The minimum Gasteiger partial charge on any atom is -0.255 e. The Labute approximate surface area is 486 Å². The van der Waals surface area contributed by atoms with Crippen molar-refractivity contribution < 1.29 is 105 Å². The van der Waals surface area contributed by atoms with Gasteiger partial charge >= 0.3 is 76.7 Å². The second-order valence-corrected chi connectivity index (χ2v) is 20.2. The SMILES string of the molecule is C1[Cl+]C[Cl+]1.ClCCl.ClCCl.F[P-](F)(F)(F)(F)F.F[P-](F)(F)(F)(F)F.[N]=O.[N]=O.[Ni].[Ni].c1ccc(-c2ccccn2)nc1.c1ccc(-c2ccccn2)nc1.c1ccc(-c2ccccn2)nc1.c1ccc(-c2ccccn2)nc1. The Balaban J connectivity index is -0.000000404. The van der Waals surface area contributed by atoms with E-state index in [0.29, 0.717) is 0 Å². The van der Waals surface area contributed by atoms with E-state index in [-0.39, 0.29) is 43.7 Å². The number of hydrogen-bond donors (Lipinski definition) is 0. The van der Waals surface area contributed by atoms with Gasteiger partial charge in [0.05, 0.1) is 56.2 Å². The maximum atomic E-state index is 9.87. The van der Waals surface area contributed by atoms with Gasteiger partial charge in [-0.3, -0.25) is 39.9 Å². The largest absolute Gasteiger partial charge is 0.255 e. The summed E-state index contributed by atoms with van der Waals surface area (Å²) in [5, 5.41) is 2.83. The van der Waals surface area contributed by atoms with Crippen LogP contribution in [-0.2, 0) is 33.0 Å². The van der Waals surface area contributed by atoms with Gasteiger partial charge in [-0.1, -0.05) is 48.5 Å². The molecule has 8 aromatic rings. The Kier molecular flexibility index (Phi) is 41.2. The van der Waals surface area contributed by atoms with E-state index in [1.54, 1.807) is 49.6 Å². The van der Waals surface area contributed by atoms with Crippen LogP contribution < -0.4 is 11.2 Å². The predicted molar refractivity (Wildman–Crippen MR) is 271 cm³/mol. The van der Waals surface area contributed by atoms with Gasteiger partial charge in [0, 0.05) is 82.6 Å². The van der Waals surface area contributed by atoms with Crippen LogP contribution >= 0.6 is 62.0 Å². The van der Waals surface area contributed by atoms with Gasteiger partial charge in [0.2, 0.25) is 0 Å². The van der Waals surface area contributed by atoms with E-state index in [1.807, 2.05) is 146 Å². The zero-order valence-electron chi connectivity index (χ0n) is 38.9. The van der Waals surface area contributed by atoms with Gasteiger partial charge in [0.25, 0.3) is 21.6 Å². The Morgan fingerprint density at radius 2 is 0.397 bits per heavy atom. The molecule has 0 bridgehead atoms. The first kappa shape index (κ1) is 79.6. The zero-order chi connectivity index (χ0) is 58.0. The van der Waals surface area contributed by atoms with Crippen molar-refractivity contribution in [2.45, 2.75) is 0 Å². The van der Waals surface area contributed by atoms with Crippen molar-refractivity contribution in [3.05, 3.63) is 205 Å². The summed E-state index contributed by atoms with van der Waals surface area (Å²) in [6.07, 6.45) is 14.1. The third kappa shape index (κ3) is 55.9. The molecule has 0 atom stereocenters. The number of aromatic nitrogens is 8. The molecule has 0 unspecified atom stereocenters. The normalized spacial score (nSPS) is 11.9. The first-order chi connectivity index (χ1) is 35.6. The topological polar surface area (TPSA) is 182 Å². The molecule has 434 valence electrons. The van der Waals surface area contributed by atoms with E-state index < -0.39 is 15.6 Å². The molecule has 1 aliphatic heterocycles. The third-order valence-electron chi connectivity index (χ3n) is 6.65. The quantitative estimate of drug-likeness (QED) is 0.0711. The number of alkyl halides is 8. The van der Waals surface area contributed by atoms with E-state index in [2.05, 4.69) is 61.5 Å². The van der Waals surface area contributed by atoms with Crippen molar-refractivity contribution >= 4 is 62.0 Å². The van der Waals surface area contributed by atoms with Crippen molar-refractivity contribution in [1.82, 2.24) is 51.1 Å². The molecule has 0 N–H and O–H groups in total. The fraction of sp³-hybridized carbons (Fsp3) is 0.0909. The molecule has 0 amide bonds. The second kappa shape index (κ2) is 40.3. The summed E-state index contributed by atoms with van der Waals surface area (Å²) in [5.41, 5.74) is 18.8. The number of halogens is 18. The van der Waals surface area contributed by atoms with Gasteiger partial charge in [-0.15, -0.1) is 56.2 Å². The molecule has 9 rings (SSSR count). The summed E-state index contributed by atoms with van der Waals surface area (Å²) in [4.78, 5) is 48.0. The van der Waals surface area contributed by atoms with Crippen LogP contribution in [0.4, 0.5) is 50.4 Å². The van der Waals surface area contributed by atoms with Gasteiger partial charge in [-0.05, 0) is 97.1 Å². The van der Waals surface area contributed by atoms with Crippen molar-refractivity contribution in [2.75, 3.05) is 21.4 Å². The molecule has 0 aliphatic carbocycles. The van der Waals surface area contributed by atoms with E-state index in [9.17, 15) is 50.4 Å². The Bertz CT molecular complexity index is 2150. The van der Waals surface area contributed by atoms with Gasteiger partial charge in [0.15, 0.2) is 0 Å². The Morgan fingerprint density at radius 3 is 0.449 bits per heavy atom. The van der Waals surface area contributed by atoms with Crippen LogP contribution in [0.25, 0.3) is 45.6 Å². The maximum Gasteiger partial charge on any atom is 0.120 e.